The van der Waals surface area contributed by atoms with Crippen LogP contribution < -0.4 is 0 Å². The summed E-state index contributed by atoms with van der Waals surface area (Å²) in [5.41, 5.74) is 2.37. The zero-order valence-corrected chi connectivity index (χ0v) is 20.9. The van der Waals surface area contributed by atoms with E-state index in [1.165, 1.54) is 5.56 Å². The minimum absolute atomic E-state index is 0.227. The van der Waals surface area contributed by atoms with Gasteiger partial charge in [-0.25, -0.2) is 9.78 Å². The number of rotatable bonds is 7. The van der Waals surface area contributed by atoms with Gasteiger partial charge >= 0.3 is 6.09 Å². The van der Waals surface area contributed by atoms with Crippen LogP contribution in [0.5, 0.6) is 0 Å². The van der Waals surface area contributed by atoms with Gasteiger partial charge in [0.05, 0.1) is 17.2 Å². The second kappa shape index (κ2) is 9.51. The first-order valence-electron chi connectivity index (χ1n) is 12.2. The van der Waals surface area contributed by atoms with Gasteiger partial charge in [0, 0.05) is 31.3 Å². The Labute approximate surface area is 206 Å². The van der Waals surface area contributed by atoms with Gasteiger partial charge in [0.1, 0.15) is 11.1 Å². The Bertz CT molecular complexity index is 1110. The fourth-order valence-electron chi connectivity index (χ4n) is 5.68. The predicted octanol–water partition coefficient (Wildman–Crippen LogP) is 5.79. The highest BCUT2D eigenvalue weighted by Gasteiger charge is 2.63. The lowest BCUT2D eigenvalue weighted by Crippen LogP contribution is -2.58. The Balaban J connectivity index is 1.33. The summed E-state index contributed by atoms with van der Waals surface area (Å²) in [5.74, 6) is 0. The predicted molar refractivity (Wildman–Crippen MR) is 136 cm³/mol. The van der Waals surface area contributed by atoms with Gasteiger partial charge in [0.25, 0.3) is 0 Å². The summed E-state index contributed by atoms with van der Waals surface area (Å²) in [4.78, 5) is 22.4. The molecule has 0 aliphatic carbocycles. The summed E-state index contributed by atoms with van der Waals surface area (Å²) in [7, 11) is 0. The lowest BCUT2D eigenvalue weighted by Gasteiger charge is -2.48. The molecule has 2 saturated heterocycles. The lowest BCUT2D eigenvalue weighted by atomic mass is 9.70. The maximum atomic E-state index is 13.3. The quantitative estimate of drug-likeness (QED) is 0.434. The normalized spacial score (nSPS) is 22.3. The van der Waals surface area contributed by atoms with E-state index >= 15 is 0 Å². The van der Waals surface area contributed by atoms with E-state index in [4.69, 9.17) is 4.74 Å². The molecule has 2 fully saturated rings. The van der Waals surface area contributed by atoms with Crippen LogP contribution >= 0.6 is 11.3 Å². The Morgan fingerprint density at radius 2 is 1.71 bits per heavy atom. The molecule has 6 heteroatoms. The van der Waals surface area contributed by atoms with Gasteiger partial charge in [-0.1, -0.05) is 60.7 Å². The first-order valence-corrected chi connectivity index (χ1v) is 13.1. The molecule has 1 spiro atoms. The fourth-order valence-corrected chi connectivity index (χ4v) is 6.28. The molecular weight excluding hydrogens is 442 g/mol. The Kier molecular flexibility index (Phi) is 6.45. The molecule has 0 radical (unpaired) electrons. The largest absolute Gasteiger partial charge is 0.440 e. The molecule has 0 saturated carbocycles. The molecule has 2 aliphatic rings. The first kappa shape index (κ1) is 23.1. The minimum Gasteiger partial charge on any atom is -0.440 e. The van der Waals surface area contributed by atoms with Crippen LogP contribution in [0.1, 0.15) is 48.0 Å². The molecule has 3 aromatic rings. The van der Waals surface area contributed by atoms with Crippen LogP contribution in [0.4, 0.5) is 4.79 Å². The lowest BCUT2D eigenvalue weighted by molar-refractivity contribution is -0.0601. The molecular formula is C28H33N3O2S. The van der Waals surface area contributed by atoms with Crippen molar-refractivity contribution in [2.24, 2.45) is 0 Å². The van der Waals surface area contributed by atoms with E-state index in [1.54, 1.807) is 11.3 Å². The zero-order valence-electron chi connectivity index (χ0n) is 20.1. The molecule has 34 heavy (non-hydrogen) atoms. The summed E-state index contributed by atoms with van der Waals surface area (Å²) in [6, 6.07) is 21.1. The fraction of sp³-hybridized carbons (Fsp3) is 0.429. The smallest absolute Gasteiger partial charge is 0.411 e. The molecule has 5 nitrogen and oxygen atoms in total. The van der Waals surface area contributed by atoms with Crippen LogP contribution in [-0.4, -0.2) is 46.1 Å². The van der Waals surface area contributed by atoms with Crippen LogP contribution in [0, 0.1) is 6.92 Å². The number of thiazole rings is 1. The van der Waals surface area contributed by atoms with Gasteiger partial charge in [-0.2, -0.15) is 0 Å². The van der Waals surface area contributed by atoms with Crippen molar-refractivity contribution >= 4 is 17.4 Å². The van der Waals surface area contributed by atoms with Gasteiger partial charge in [0.15, 0.2) is 0 Å². The van der Waals surface area contributed by atoms with E-state index < -0.39 is 11.1 Å². The molecule has 1 atom stereocenters. The van der Waals surface area contributed by atoms with Gasteiger partial charge < -0.3 is 9.64 Å². The van der Waals surface area contributed by atoms with E-state index in [9.17, 15) is 4.79 Å². The molecule has 5 rings (SSSR count). The molecule has 2 aliphatic heterocycles. The third kappa shape index (κ3) is 4.25. The van der Waals surface area contributed by atoms with Crippen LogP contribution in [0.25, 0.3) is 0 Å². The Hall–Kier alpha value is -2.70. The average molecular weight is 476 g/mol. The van der Waals surface area contributed by atoms with Gasteiger partial charge in [-0.3, -0.25) is 4.90 Å². The van der Waals surface area contributed by atoms with Gasteiger partial charge in [0.2, 0.25) is 0 Å². The second-order valence-electron chi connectivity index (χ2n) is 9.68. The number of ether oxygens (including phenoxy) is 1. The third-order valence-electron chi connectivity index (χ3n) is 7.70. The van der Waals surface area contributed by atoms with Crippen LogP contribution in [-0.2, 0) is 23.2 Å². The van der Waals surface area contributed by atoms with E-state index in [-0.39, 0.29) is 6.09 Å². The highest BCUT2D eigenvalue weighted by Crippen LogP contribution is 2.52. The van der Waals surface area contributed by atoms with Crippen molar-refractivity contribution in [2.45, 2.75) is 57.2 Å². The Morgan fingerprint density at radius 1 is 1.03 bits per heavy atom. The highest BCUT2D eigenvalue weighted by atomic mass is 32.1. The number of likely N-dealkylation sites (tertiary alicyclic amines) is 1. The molecule has 0 N–H and O–H groups in total. The number of aryl methyl sites for hydroxylation is 2. The molecule has 2 aromatic carbocycles. The van der Waals surface area contributed by atoms with E-state index in [0.29, 0.717) is 6.54 Å². The topological polar surface area (TPSA) is 45.7 Å². The van der Waals surface area contributed by atoms with Crippen molar-refractivity contribution in [3.8, 4) is 0 Å². The number of nitrogens with zero attached hydrogens (tertiary/aromatic N) is 3. The minimum atomic E-state index is -0.543. The SMILES string of the molecule is Cc1nc(CN2C(=O)OC3(CCN(CCCc4ccccc4)CC3)C2(C)c2ccccc2)cs1. The van der Waals surface area contributed by atoms with E-state index in [2.05, 4.69) is 71.4 Å². The number of hydrogen-bond acceptors (Lipinski definition) is 5. The van der Waals surface area contributed by atoms with E-state index in [0.717, 1.165) is 61.6 Å². The van der Waals surface area contributed by atoms with Crippen molar-refractivity contribution < 1.29 is 9.53 Å². The maximum Gasteiger partial charge on any atom is 0.411 e. The number of aromatic nitrogens is 1. The molecule has 1 amide bonds. The Morgan fingerprint density at radius 3 is 2.35 bits per heavy atom. The van der Waals surface area contributed by atoms with Gasteiger partial charge in [-0.15, -0.1) is 11.3 Å². The van der Waals surface area contributed by atoms with Crippen molar-refractivity contribution in [2.75, 3.05) is 19.6 Å². The second-order valence-corrected chi connectivity index (χ2v) is 10.7. The van der Waals surface area contributed by atoms with Crippen LogP contribution in [0.2, 0.25) is 0 Å². The number of piperidine rings is 1. The molecule has 178 valence electrons. The van der Waals surface area contributed by atoms with Crippen molar-refractivity contribution in [3.05, 3.63) is 87.9 Å². The number of hydrogen-bond donors (Lipinski definition) is 0. The van der Waals surface area contributed by atoms with Crippen molar-refractivity contribution in [1.29, 1.82) is 0 Å². The number of carbonyl (C=O) groups is 1. The van der Waals surface area contributed by atoms with Crippen LogP contribution in [0.15, 0.2) is 66.0 Å². The molecule has 1 aromatic heterocycles. The standard InChI is InChI=1S/C28H33N3O2S/c1-22-29-25(21-34-22)20-31-26(32)33-28(27(31,2)24-13-7-4-8-14-24)15-18-30(19-16-28)17-9-12-23-10-5-3-6-11-23/h3-8,10-11,13-14,21H,9,12,15-20H2,1-2H3. The maximum absolute atomic E-state index is 13.3. The van der Waals surface area contributed by atoms with Crippen molar-refractivity contribution in [1.82, 2.24) is 14.8 Å². The highest BCUT2D eigenvalue weighted by molar-refractivity contribution is 7.09. The number of amides is 1. The number of carbonyl (C=O) groups excluding carboxylic acids is 1. The summed E-state index contributed by atoms with van der Waals surface area (Å²) in [5, 5.41) is 3.07. The first-order chi connectivity index (χ1) is 16.5. The van der Waals surface area contributed by atoms with E-state index in [1.807, 2.05) is 23.3 Å². The monoisotopic (exact) mass is 475 g/mol. The summed E-state index contributed by atoms with van der Waals surface area (Å²) < 4.78 is 6.31. The van der Waals surface area contributed by atoms with Crippen LogP contribution in [0.3, 0.4) is 0 Å². The summed E-state index contributed by atoms with van der Waals surface area (Å²) >= 11 is 1.62. The van der Waals surface area contributed by atoms with Crippen molar-refractivity contribution in [3.63, 3.8) is 0 Å². The molecule has 1 unspecified atom stereocenters. The molecule has 3 heterocycles. The number of benzene rings is 2. The average Bonchev–Trinajstić information content (AvgIpc) is 3.36. The zero-order chi connectivity index (χ0) is 23.6. The summed E-state index contributed by atoms with van der Waals surface area (Å²) in [6.45, 7) is 7.61. The molecule has 0 bridgehead atoms. The third-order valence-corrected chi connectivity index (χ3v) is 8.52. The summed E-state index contributed by atoms with van der Waals surface area (Å²) in [6.07, 6.45) is 3.68. The van der Waals surface area contributed by atoms with Gasteiger partial charge in [-0.05, 0) is 44.4 Å².